The van der Waals surface area contributed by atoms with Crippen LogP contribution in [-0.2, 0) is 6.61 Å². The molecule has 6 nitrogen and oxygen atoms in total. The monoisotopic (exact) mass is 344 g/mol. The van der Waals surface area contributed by atoms with Crippen molar-refractivity contribution in [2.45, 2.75) is 6.61 Å². The number of nitrogens with one attached hydrogen (secondary N) is 1. The van der Waals surface area contributed by atoms with Crippen LogP contribution in [0.25, 0.3) is 0 Å². The summed E-state index contributed by atoms with van der Waals surface area (Å²) >= 11 is 0. The molecule has 0 spiro atoms. The average molecular weight is 344 g/mol. The molecule has 0 saturated heterocycles. The van der Waals surface area contributed by atoms with Crippen molar-refractivity contribution in [1.82, 2.24) is 4.98 Å². The van der Waals surface area contributed by atoms with Crippen molar-refractivity contribution in [2.75, 3.05) is 11.1 Å². The summed E-state index contributed by atoms with van der Waals surface area (Å²) in [6, 6.07) is 18.2. The van der Waals surface area contributed by atoms with Crippen molar-refractivity contribution < 1.29 is 9.53 Å². The highest BCUT2D eigenvalue weighted by Gasteiger charge is 2.10. The fourth-order valence-corrected chi connectivity index (χ4v) is 2.34. The number of nitrogens with two attached hydrogens (primary N) is 1. The molecule has 3 rings (SSSR count). The minimum atomic E-state index is -0.355. The Morgan fingerprint density at radius 1 is 1.15 bits per heavy atom. The van der Waals surface area contributed by atoms with E-state index in [-0.39, 0.29) is 5.91 Å². The van der Waals surface area contributed by atoms with Crippen molar-refractivity contribution in [3.63, 3.8) is 0 Å². The lowest BCUT2D eigenvalue weighted by Gasteiger charge is -2.10. The molecule has 0 unspecified atom stereocenters. The quantitative estimate of drug-likeness (QED) is 0.739. The van der Waals surface area contributed by atoms with E-state index in [1.54, 1.807) is 18.2 Å². The number of nitrogen functional groups attached to an aromatic ring is 1. The Morgan fingerprint density at radius 3 is 2.69 bits per heavy atom. The van der Waals surface area contributed by atoms with Gasteiger partial charge in [-0.25, -0.2) is 0 Å². The molecule has 1 aromatic heterocycles. The molecule has 3 aromatic rings. The highest BCUT2D eigenvalue weighted by atomic mass is 16.5. The van der Waals surface area contributed by atoms with Crippen molar-refractivity contribution in [1.29, 1.82) is 5.26 Å². The summed E-state index contributed by atoms with van der Waals surface area (Å²) in [6.45, 7) is 0.357. The van der Waals surface area contributed by atoms with Gasteiger partial charge in [0.05, 0.1) is 16.8 Å². The van der Waals surface area contributed by atoms with Crippen LogP contribution in [0.2, 0.25) is 0 Å². The summed E-state index contributed by atoms with van der Waals surface area (Å²) in [5, 5.41) is 12.1. The number of aromatic nitrogens is 1. The second-order valence-corrected chi connectivity index (χ2v) is 5.56. The van der Waals surface area contributed by atoms with E-state index in [1.165, 1.54) is 18.5 Å². The summed E-state index contributed by atoms with van der Waals surface area (Å²) in [4.78, 5) is 16.1. The lowest BCUT2D eigenvalue weighted by Crippen LogP contribution is -2.12. The molecule has 3 N–H and O–H groups in total. The number of amides is 1. The van der Waals surface area contributed by atoms with Gasteiger partial charge < -0.3 is 15.8 Å². The average Bonchev–Trinajstić information content (AvgIpc) is 2.67. The number of carbonyl (C=O) groups is 1. The Morgan fingerprint density at radius 2 is 1.96 bits per heavy atom. The van der Waals surface area contributed by atoms with E-state index in [4.69, 9.17) is 10.5 Å². The number of hydrogen-bond donors (Lipinski definition) is 2. The highest BCUT2D eigenvalue weighted by Crippen LogP contribution is 2.23. The van der Waals surface area contributed by atoms with Gasteiger partial charge in [-0.3, -0.25) is 9.78 Å². The summed E-state index contributed by atoms with van der Waals surface area (Å²) in [5.74, 6) is 0.103. The fourth-order valence-electron chi connectivity index (χ4n) is 2.34. The summed E-state index contributed by atoms with van der Waals surface area (Å²) in [7, 11) is 0. The molecule has 0 atom stereocenters. The van der Waals surface area contributed by atoms with Crippen LogP contribution >= 0.6 is 0 Å². The van der Waals surface area contributed by atoms with Crippen LogP contribution in [0.15, 0.2) is 67.0 Å². The minimum absolute atomic E-state index is 0.337. The smallest absolute Gasteiger partial charge is 0.257 e. The largest absolute Gasteiger partial charge is 0.488 e. The number of hydrogen-bond acceptors (Lipinski definition) is 5. The molecule has 2 aromatic carbocycles. The molecule has 128 valence electrons. The number of carbonyl (C=O) groups excluding carboxylic acids is 1. The SMILES string of the molecule is N#Cc1cc(NC(=O)c2cncc(N)c2)ccc1OCc1ccccc1. The van der Waals surface area contributed by atoms with Crippen LogP contribution in [-0.4, -0.2) is 10.9 Å². The predicted molar refractivity (Wildman–Crippen MR) is 98.5 cm³/mol. The van der Waals surface area contributed by atoms with Gasteiger partial charge in [0.2, 0.25) is 0 Å². The van der Waals surface area contributed by atoms with E-state index in [1.807, 2.05) is 30.3 Å². The number of anilines is 2. The first-order valence-corrected chi connectivity index (χ1v) is 7.88. The third kappa shape index (κ3) is 4.16. The maximum atomic E-state index is 12.2. The Labute approximate surface area is 150 Å². The summed E-state index contributed by atoms with van der Waals surface area (Å²) in [5.41, 5.74) is 8.21. The van der Waals surface area contributed by atoms with Crippen molar-refractivity contribution in [3.8, 4) is 11.8 Å². The number of pyridine rings is 1. The molecule has 1 heterocycles. The van der Waals surface area contributed by atoms with E-state index < -0.39 is 0 Å². The van der Waals surface area contributed by atoms with E-state index in [9.17, 15) is 10.1 Å². The molecule has 0 saturated carbocycles. The first-order chi connectivity index (χ1) is 12.7. The lowest BCUT2D eigenvalue weighted by molar-refractivity contribution is 0.102. The van der Waals surface area contributed by atoms with E-state index in [2.05, 4.69) is 16.4 Å². The van der Waals surface area contributed by atoms with Gasteiger partial charge in [0.15, 0.2) is 0 Å². The zero-order chi connectivity index (χ0) is 18.4. The second-order valence-electron chi connectivity index (χ2n) is 5.56. The maximum Gasteiger partial charge on any atom is 0.257 e. The van der Waals surface area contributed by atoms with Crippen molar-refractivity contribution >= 4 is 17.3 Å². The zero-order valence-corrected chi connectivity index (χ0v) is 13.8. The molecule has 26 heavy (non-hydrogen) atoms. The van der Waals surface area contributed by atoms with Crippen LogP contribution in [0, 0.1) is 11.3 Å². The van der Waals surface area contributed by atoms with Crippen LogP contribution in [0.1, 0.15) is 21.5 Å². The normalized spacial score (nSPS) is 9.96. The standard InChI is InChI=1S/C20H16N4O2/c21-10-15-9-18(24-20(25)16-8-17(22)12-23-11-16)6-7-19(15)26-13-14-4-2-1-3-5-14/h1-9,11-12H,13,22H2,(H,24,25). The van der Waals surface area contributed by atoms with Crippen molar-refractivity contribution in [3.05, 3.63) is 83.7 Å². The van der Waals surface area contributed by atoms with Crippen LogP contribution in [0.3, 0.4) is 0 Å². The lowest BCUT2D eigenvalue weighted by atomic mass is 10.1. The third-order valence-corrected chi connectivity index (χ3v) is 3.62. The first kappa shape index (κ1) is 17.0. The fraction of sp³-hybridized carbons (Fsp3) is 0.0500. The molecular weight excluding hydrogens is 328 g/mol. The van der Waals surface area contributed by atoms with E-state index in [0.29, 0.717) is 34.9 Å². The molecule has 0 radical (unpaired) electrons. The molecule has 1 amide bonds. The van der Waals surface area contributed by atoms with E-state index in [0.717, 1.165) is 5.56 Å². The molecule has 0 aliphatic heterocycles. The number of rotatable bonds is 5. The van der Waals surface area contributed by atoms with Gasteiger partial charge in [0.1, 0.15) is 18.4 Å². The van der Waals surface area contributed by atoms with Crippen LogP contribution in [0.4, 0.5) is 11.4 Å². The Bertz CT molecular complexity index is 965. The Kier molecular flexibility index (Phi) is 5.11. The zero-order valence-electron chi connectivity index (χ0n) is 13.8. The number of nitrogens with zero attached hydrogens (tertiary/aromatic N) is 2. The molecule has 0 aliphatic carbocycles. The van der Waals surface area contributed by atoms with Crippen LogP contribution in [0.5, 0.6) is 5.75 Å². The van der Waals surface area contributed by atoms with Gasteiger partial charge in [-0.1, -0.05) is 30.3 Å². The Balaban J connectivity index is 1.72. The molecule has 0 aliphatic rings. The van der Waals surface area contributed by atoms with Gasteiger partial charge in [-0.2, -0.15) is 5.26 Å². The van der Waals surface area contributed by atoms with Crippen LogP contribution < -0.4 is 15.8 Å². The van der Waals surface area contributed by atoms with Gasteiger partial charge in [0.25, 0.3) is 5.91 Å². The Hall–Kier alpha value is -3.85. The highest BCUT2D eigenvalue weighted by molar-refractivity contribution is 6.04. The minimum Gasteiger partial charge on any atom is -0.488 e. The number of benzene rings is 2. The van der Waals surface area contributed by atoms with Gasteiger partial charge >= 0.3 is 0 Å². The molecule has 6 heteroatoms. The summed E-state index contributed by atoms with van der Waals surface area (Å²) < 4.78 is 5.71. The first-order valence-electron chi connectivity index (χ1n) is 7.88. The maximum absolute atomic E-state index is 12.2. The number of ether oxygens (including phenoxy) is 1. The molecule has 0 bridgehead atoms. The van der Waals surface area contributed by atoms with Gasteiger partial charge in [-0.05, 0) is 29.8 Å². The molecule has 0 fully saturated rings. The third-order valence-electron chi connectivity index (χ3n) is 3.62. The van der Waals surface area contributed by atoms with Crippen molar-refractivity contribution in [2.24, 2.45) is 0 Å². The van der Waals surface area contributed by atoms with E-state index >= 15 is 0 Å². The molecular formula is C20H16N4O2. The van der Waals surface area contributed by atoms with Gasteiger partial charge in [-0.15, -0.1) is 0 Å². The topological polar surface area (TPSA) is 101 Å². The number of nitriles is 1. The second kappa shape index (κ2) is 7.81. The predicted octanol–water partition coefficient (Wildman–Crippen LogP) is 3.37. The van der Waals surface area contributed by atoms with Gasteiger partial charge in [0, 0.05) is 18.1 Å². The summed E-state index contributed by atoms with van der Waals surface area (Å²) in [6.07, 6.45) is 2.89.